The molecular weight excluding hydrogens is 288 g/mol. The fraction of sp³-hybridized carbons (Fsp3) is 0.500. The average molecular weight is 310 g/mol. The topological polar surface area (TPSA) is 59.8 Å². The lowest BCUT2D eigenvalue weighted by molar-refractivity contribution is 0.0929. The summed E-state index contributed by atoms with van der Waals surface area (Å²) < 4.78 is 1.74. The molecule has 0 unspecified atom stereocenters. The van der Waals surface area contributed by atoms with Crippen LogP contribution in [0.5, 0.6) is 0 Å². The van der Waals surface area contributed by atoms with E-state index in [1.54, 1.807) is 11.0 Å². The summed E-state index contributed by atoms with van der Waals surface area (Å²) in [5.41, 5.74) is 2.09. The van der Waals surface area contributed by atoms with E-state index < -0.39 is 0 Å². The molecule has 2 aliphatic rings. The second-order valence-corrected chi connectivity index (χ2v) is 7.08. The molecule has 5 nitrogen and oxygen atoms in total. The highest BCUT2D eigenvalue weighted by Crippen LogP contribution is 2.53. The largest absolute Gasteiger partial charge is 0.351 e. The normalized spacial score (nSPS) is 25.7. The van der Waals surface area contributed by atoms with Gasteiger partial charge in [-0.25, -0.2) is 9.67 Å². The molecule has 0 spiro atoms. The number of nitrogens with zero attached hydrogens (tertiary/aromatic N) is 3. The number of carbonyl (C=O) groups excluding carboxylic acids is 1. The van der Waals surface area contributed by atoms with Crippen molar-refractivity contribution in [3.8, 4) is 0 Å². The number of benzene rings is 1. The zero-order valence-corrected chi connectivity index (χ0v) is 13.2. The van der Waals surface area contributed by atoms with Gasteiger partial charge in [-0.3, -0.25) is 4.79 Å². The Kier molecular flexibility index (Phi) is 3.63. The highest BCUT2D eigenvalue weighted by atomic mass is 16.1. The van der Waals surface area contributed by atoms with E-state index >= 15 is 0 Å². The summed E-state index contributed by atoms with van der Waals surface area (Å²) >= 11 is 0. The molecule has 2 fully saturated rings. The van der Waals surface area contributed by atoms with Crippen LogP contribution < -0.4 is 5.32 Å². The van der Waals surface area contributed by atoms with Gasteiger partial charge < -0.3 is 5.32 Å². The number of fused-ring (bicyclic) bond motifs is 2. The van der Waals surface area contributed by atoms with Crippen molar-refractivity contribution in [3.05, 3.63) is 48.0 Å². The van der Waals surface area contributed by atoms with Gasteiger partial charge in [0, 0.05) is 12.1 Å². The minimum atomic E-state index is 0.0328. The first-order chi connectivity index (χ1) is 11.2. The SMILES string of the molecule is O=C(NCC12CCC(CC1)C2)c1ccccc1Cn1cncn1. The predicted octanol–water partition coefficient (Wildman–Crippen LogP) is 2.64. The number of nitrogens with one attached hydrogen (secondary N) is 1. The van der Waals surface area contributed by atoms with Crippen molar-refractivity contribution in [1.29, 1.82) is 0 Å². The number of hydrogen-bond acceptors (Lipinski definition) is 3. The van der Waals surface area contributed by atoms with Crippen LogP contribution in [0.1, 0.15) is 48.0 Å². The Morgan fingerprint density at radius 2 is 2.13 bits per heavy atom. The molecule has 1 aromatic carbocycles. The van der Waals surface area contributed by atoms with E-state index in [1.165, 1.54) is 38.4 Å². The van der Waals surface area contributed by atoms with Gasteiger partial charge in [0.1, 0.15) is 12.7 Å². The smallest absolute Gasteiger partial charge is 0.251 e. The Morgan fingerprint density at radius 3 is 2.83 bits per heavy atom. The van der Waals surface area contributed by atoms with Crippen molar-refractivity contribution in [3.63, 3.8) is 0 Å². The maximum absolute atomic E-state index is 12.7. The second kappa shape index (κ2) is 5.80. The molecule has 2 aliphatic carbocycles. The van der Waals surface area contributed by atoms with Crippen molar-refractivity contribution in [2.75, 3.05) is 6.54 Å². The Balaban J connectivity index is 1.46. The van der Waals surface area contributed by atoms with Crippen LogP contribution in [0.15, 0.2) is 36.9 Å². The van der Waals surface area contributed by atoms with Crippen LogP contribution in [0.3, 0.4) is 0 Å². The van der Waals surface area contributed by atoms with Gasteiger partial charge in [-0.2, -0.15) is 5.10 Å². The zero-order valence-electron chi connectivity index (χ0n) is 13.2. The molecule has 1 N–H and O–H groups in total. The van der Waals surface area contributed by atoms with Crippen LogP contribution >= 0.6 is 0 Å². The van der Waals surface area contributed by atoms with E-state index in [2.05, 4.69) is 15.4 Å². The summed E-state index contributed by atoms with van der Waals surface area (Å²) in [4.78, 5) is 16.6. The van der Waals surface area contributed by atoms with Crippen LogP contribution in [0.25, 0.3) is 0 Å². The van der Waals surface area contributed by atoms with Gasteiger partial charge in [-0.05, 0) is 55.1 Å². The van der Waals surface area contributed by atoms with E-state index in [0.717, 1.165) is 23.6 Å². The molecule has 2 saturated carbocycles. The lowest BCUT2D eigenvalue weighted by Crippen LogP contribution is -2.35. The third kappa shape index (κ3) is 2.87. The number of hydrogen-bond donors (Lipinski definition) is 1. The predicted molar refractivity (Wildman–Crippen MR) is 86.9 cm³/mol. The number of amides is 1. The first-order valence-corrected chi connectivity index (χ1v) is 8.43. The van der Waals surface area contributed by atoms with Gasteiger partial charge in [0.15, 0.2) is 0 Å². The maximum atomic E-state index is 12.7. The van der Waals surface area contributed by atoms with Crippen molar-refractivity contribution in [2.45, 2.75) is 38.6 Å². The van der Waals surface area contributed by atoms with E-state index in [9.17, 15) is 4.79 Å². The maximum Gasteiger partial charge on any atom is 0.251 e. The molecule has 4 rings (SSSR count). The van der Waals surface area contributed by atoms with Gasteiger partial charge in [0.2, 0.25) is 0 Å². The molecule has 23 heavy (non-hydrogen) atoms. The summed E-state index contributed by atoms with van der Waals surface area (Å²) in [6.45, 7) is 1.39. The molecule has 5 heteroatoms. The molecule has 0 aliphatic heterocycles. The minimum Gasteiger partial charge on any atom is -0.351 e. The molecule has 0 radical (unpaired) electrons. The Labute approximate surface area is 136 Å². The fourth-order valence-electron chi connectivity index (χ4n) is 4.29. The Hall–Kier alpha value is -2.17. The zero-order chi connectivity index (χ0) is 15.7. The molecule has 1 aromatic heterocycles. The van der Waals surface area contributed by atoms with Gasteiger partial charge in [0.25, 0.3) is 5.91 Å². The first kappa shape index (κ1) is 14.4. The summed E-state index contributed by atoms with van der Waals surface area (Å²) in [5.74, 6) is 0.942. The number of carbonyl (C=O) groups is 1. The average Bonchev–Trinajstić information content (AvgIpc) is 3.31. The third-order valence-corrected chi connectivity index (χ3v) is 5.57. The third-order valence-electron chi connectivity index (χ3n) is 5.57. The van der Waals surface area contributed by atoms with Crippen LogP contribution in [-0.4, -0.2) is 27.2 Å². The van der Waals surface area contributed by atoms with Gasteiger partial charge in [0.05, 0.1) is 6.54 Å². The standard InChI is InChI=1S/C18H22N4O/c23-17(20-11-18-7-5-14(9-18)6-8-18)16-4-2-1-3-15(16)10-22-13-19-12-21-22/h1-4,12-14H,5-11H2,(H,20,23). The molecule has 2 bridgehead atoms. The molecule has 0 atom stereocenters. The molecular formula is C18H22N4O. The van der Waals surface area contributed by atoms with Crippen molar-refractivity contribution in [1.82, 2.24) is 20.1 Å². The quantitative estimate of drug-likeness (QED) is 0.923. The fourth-order valence-corrected chi connectivity index (χ4v) is 4.29. The summed E-state index contributed by atoms with van der Waals surface area (Å²) in [6.07, 6.45) is 9.73. The van der Waals surface area contributed by atoms with Crippen molar-refractivity contribution >= 4 is 5.91 Å². The Morgan fingerprint density at radius 1 is 1.30 bits per heavy atom. The second-order valence-electron chi connectivity index (χ2n) is 7.08. The summed E-state index contributed by atoms with van der Waals surface area (Å²) in [7, 11) is 0. The first-order valence-electron chi connectivity index (χ1n) is 8.43. The molecule has 2 aromatic rings. The van der Waals surface area contributed by atoms with Gasteiger partial charge in [-0.15, -0.1) is 0 Å². The van der Waals surface area contributed by atoms with Gasteiger partial charge in [-0.1, -0.05) is 18.2 Å². The van der Waals surface area contributed by atoms with E-state index in [0.29, 0.717) is 12.0 Å². The lowest BCUT2D eigenvalue weighted by atomic mass is 9.84. The van der Waals surface area contributed by atoms with Crippen molar-refractivity contribution < 1.29 is 4.79 Å². The lowest BCUT2D eigenvalue weighted by Gasteiger charge is -2.26. The molecule has 1 amide bonds. The molecule has 1 heterocycles. The van der Waals surface area contributed by atoms with E-state index in [1.807, 2.05) is 24.3 Å². The molecule has 0 saturated heterocycles. The van der Waals surface area contributed by atoms with Crippen molar-refractivity contribution in [2.24, 2.45) is 11.3 Å². The van der Waals surface area contributed by atoms with Gasteiger partial charge >= 0.3 is 0 Å². The monoisotopic (exact) mass is 310 g/mol. The van der Waals surface area contributed by atoms with Crippen LogP contribution in [-0.2, 0) is 6.54 Å². The number of aromatic nitrogens is 3. The van der Waals surface area contributed by atoms with E-state index in [-0.39, 0.29) is 5.91 Å². The summed E-state index contributed by atoms with van der Waals surface area (Å²) in [6, 6.07) is 7.75. The van der Waals surface area contributed by atoms with Crippen LogP contribution in [0, 0.1) is 11.3 Å². The molecule has 120 valence electrons. The van der Waals surface area contributed by atoms with Crippen LogP contribution in [0.2, 0.25) is 0 Å². The van der Waals surface area contributed by atoms with E-state index in [4.69, 9.17) is 0 Å². The summed E-state index contributed by atoms with van der Waals surface area (Å²) in [5, 5.41) is 7.32. The minimum absolute atomic E-state index is 0.0328. The Bertz CT molecular complexity index is 687. The van der Waals surface area contributed by atoms with Crippen LogP contribution in [0.4, 0.5) is 0 Å². The number of rotatable bonds is 5. The highest BCUT2D eigenvalue weighted by molar-refractivity contribution is 5.95. The highest BCUT2D eigenvalue weighted by Gasteiger charge is 2.44.